The van der Waals surface area contributed by atoms with Gasteiger partial charge >= 0.3 is 0 Å². The van der Waals surface area contributed by atoms with Crippen LogP contribution in [0.4, 0.5) is 8.78 Å². The van der Waals surface area contributed by atoms with Crippen molar-refractivity contribution in [1.29, 1.82) is 0 Å². The summed E-state index contributed by atoms with van der Waals surface area (Å²) in [6.45, 7) is 0.388. The molecule has 0 fully saturated rings. The van der Waals surface area contributed by atoms with E-state index in [1.165, 1.54) is 0 Å². The van der Waals surface area contributed by atoms with Gasteiger partial charge in [0.1, 0.15) is 11.6 Å². The maximum Gasteiger partial charge on any atom is 0.254 e. The van der Waals surface area contributed by atoms with Gasteiger partial charge in [0, 0.05) is 30.6 Å². The number of carbonyl (C=O) groups excluding carboxylic acids is 2. The molecule has 0 heterocycles. The van der Waals surface area contributed by atoms with Crippen LogP contribution in [0.2, 0.25) is 5.02 Å². The minimum absolute atomic E-state index is 0.0438. The van der Waals surface area contributed by atoms with Gasteiger partial charge in [0.25, 0.3) is 5.91 Å². The molecule has 0 radical (unpaired) electrons. The molecule has 24 heavy (non-hydrogen) atoms. The third-order valence-electron chi connectivity index (χ3n) is 3.22. The van der Waals surface area contributed by atoms with Crippen molar-refractivity contribution in [3.8, 4) is 0 Å². The summed E-state index contributed by atoms with van der Waals surface area (Å²) in [5, 5.41) is 5.72. The normalized spacial score (nSPS) is 10.3. The molecule has 2 rings (SSSR count). The van der Waals surface area contributed by atoms with Crippen LogP contribution in [-0.4, -0.2) is 18.4 Å². The van der Waals surface area contributed by atoms with E-state index in [1.54, 1.807) is 24.3 Å². The molecular weight excluding hydrogens is 338 g/mol. The molecule has 7 heteroatoms. The third-order valence-corrected chi connectivity index (χ3v) is 3.47. The molecule has 4 nitrogen and oxygen atoms in total. The maximum atomic E-state index is 13.4. The standard InChI is InChI=1S/C17H15ClF2N2O2/c18-12-3-1-11(2-4-12)10-22-16(23)7-8-21-17(24)14-6-5-13(19)9-15(14)20/h1-6,9H,7-8,10H2,(H,21,24)(H,22,23). The Bertz CT molecular complexity index is 736. The van der Waals surface area contributed by atoms with Gasteiger partial charge in [-0.15, -0.1) is 0 Å². The van der Waals surface area contributed by atoms with Crippen molar-refractivity contribution < 1.29 is 18.4 Å². The molecule has 0 aliphatic rings. The van der Waals surface area contributed by atoms with Crippen LogP contribution in [0.3, 0.4) is 0 Å². The van der Waals surface area contributed by atoms with E-state index >= 15 is 0 Å². The number of rotatable bonds is 6. The highest BCUT2D eigenvalue weighted by molar-refractivity contribution is 6.30. The zero-order valence-electron chi connectivity index (χ0n) is 12.6. The topological polar surface area (TPSA) is 58.2 Å². The van der Waals surface area contributed by atoms with Crippen molar-refractivity contribution in [2.24, 2.45) is 0 Å². The second-order valence-electron chi connectivity index (χ2n) is 5.03. The van der Waals surface area contributed by atoms with E-state index in [1.807, 2.05) is 0 Å². The van der Waals surface area contributed by atoms with Crippen LogP contribution < -0.4 is 10.6 Å². The average molecular weight is 353 g/mol. The van der Waals surface area contributed by atoms with Gasteiger partial charge in [0.2, 0.25) is 5.91 Å². The van der Waals surface area contributed by atoms with Crippen LogP contribution in [-0.2, 0) is 11.3 Å². The minimum Gasteiger partial charge on any atom is -0.352 e. The summed E-state index contributed by atoms with van der Waals surface area (Å²) < 4.78 is 26.2. The number of halogens is 3. The Kier molecular flexibility index (Phi) is 6.26. The molecule has 0 spiro atoms. The average Bonchev–Trinajstić information content (AvgIpc) is 2.54. The predicted octanol–water partition coefficient (Wildman–Crippen LogP) is 3.05. The monoisotopic (exact) mass is 352 g/mol. The highest BCUT2D eigenvalue weighted by Gasteiger charge is 2.12. The van der Waals surface area contributed by atoms with Gasteiger partial charge in [-0.05, 0) is 29.8 Å². The Balaban J connectivity index is 1.74. The first kappa shape index (κ1) is 17.9. The van der Waals surface area contributed by atoms with E-state index in [0.717, 1.165) is 17.7 Å². The van der Waals surface area contributed by atoms with Crippen molar-refractivity contribution in [1.82, 2.24) is 10.6 Å². The summed E-state index contributed by atoms with van der Waals surface area (Å²) in [7, 11) is 0. The van der Waals surface area contributed by atoms with Crippen LogP contribution in [0, 0.1) is 11.6 Å². The molecule has 0 aliphatic carbocycles. The zero-order valence-corrected chi connectivity index (χ0v) is 13.4. The quantitative estimate of drug-likeness (QED) is 0.839. The molecule has 0 aromatic heterocycles. The summed E-state index contributed by atoms with van der Waals surface area (Å²) in [4.78, 5) is 23.5. The summed E-state index contributed by atoms with van der Waals surface area (Å²) in [5.74, 6) is -2.66. The van der Waals surface area contributed by atoms with Crippen molar-refractivity contribution in [3.63, 3.8) is 0 Å². The molecule has 126 valence electrons. The van der Waals surface area contributed by atoms with Crippen molar-refractivity contribution in [3.05, 3.63) is 70.2 Å². The Morgan fingerprint density at radius 3 is 2.38 bits per heavy atom. The highest BCUT2D eigenvalue weighted by atomic mass is 35.5. The van der Waals surface area contributed by atoms with Crippen LogP contribution >= 0.6 is 11.6 Å². The smallest absolute Gasteiger partial charge is 0.254 e. The zero-order chi connectivity index (χ0) is 17.5. The largest absolute Gasteiger partial charge is 0.352 e. The Morgan fingerprint density at radius 1 is 1.00 bits per heavy atom. The number of hydrogen-bond donors (Lipinski definition) is 2. The van der Waals surface area contributed by atoms with Gasteiger partial charge in [0.05, 0.1) is 5.56 Å². The van der Waals surface area contributed by atoms with Crippen LogP contribution in [0.1, 0.15) is 22.3 Å². The number of nitrogens with one attached hydrogen (secondary N) is 2. The SMILES string of the molecule is O=C(CCNC(=O)c1ccc(F)cc1F)NCc1ccc(Cl)cc1. The summed E-state index contributed by atoms with van der Waals surface area (Å²) >= 11 is 5.77. The highest BCUT2D eigenvalue weighted by Crippen LogP contribution is 2.10. The Labute approximate surface area is 142 Å². The third kappa shape index (κ3) is 5.31. The summed E-state index contributed by atoms with van der Waals surface area (Å²) in [6.07, 6.45) is 0.0438. The molecule has 0 aliphatic heterocycles. The number of hydrogen-bond acceptors (Lipinski definition) is 2. The Hall–Kier alpha value is -2.47. The maximum absolute atomic E-state index is 13.4. The molecule has 0 saturated carbocycles. The molecule has 0 bridgehead atoms. The lowest BCUT2D eigenvalue weighted by molar-refractivity contribution is -0.121. The van der Waals surface area contributed by atoms with E-state index in [2.05, 4.69) is 10.6 Å². The van der Waals surface area contributed by atoms with E-state index in [4.69, 9.17) is 11.6 Å². The van der Waals surface area contributed by atoms with Gasteiger partial charge in [-0.25, -0.2) is 8.78 Å². The van der Waals surface area contributed by atoms with Crippen molar-refractivity contribution >= 4 is 23.4 Å². The van der Waals surface area contributed by atoms with E-state index in [9.17, 15) is 18.4 Å². The lowest BCUT2D eigenvalue weighted by atomic mass is 10.2. The molecule has 2 amide bonds. The predicted molar refractivity (Wildman–Crippen MR) is 86.6 cm³/mol. The Morgan fingerprint density at radius 2 is 1.71 bits per heavy atom. The summed E-state index contributed by atoms with van der Waals surface area (Å²) in [5.41, 5.74) is 0.628. The molecule has 0 saturated heterocycles. The molecule has 0 unspecified atom stereocenters. The number of benzene rings is 2. The van der Waals surface area contributed by atoms with E-state index < -0.39 is 17.5 Å². The van der Waals surface area contributed by atoms with Gasteiger partial charge < -0.3 is 10.6 Å². The fourth-order valence-electron chi connectivity index (χ4n) is 1.95. The van der Waals surface area contributed by atoms with E-state index in [0.29, 0.717) is 17.6 Å². The fraction of sp³-hybridized carbons (Fsp3) is 0.176. The van der Waals surface area contributed by atoms with Crippen LogP contribution in [0.5, 0.6) is 0 Å². The molecule has 2 aromatic carbocycles. The van der Waals surface area contributed by atoms with Crippen LogP contribution in [0.25, 0.3) is 0 Å². The minimum atomic E-state index is -0.945. The first-order chi connectivity index (χ1) is 11.5. The van der Waals surface area contributed by atoms with Crippen LogP contribution in [0.15, 0.2) is 42.5 Å². The first-order valence-corrected chi connectivity index (χ1v) is 7.58. The summed E-state index contributed by atoms with van der Waals surface area (Å²) in [6, 6.07) is 9.72. The second kappa shape index (κ2) is 8.40. The van der Waals surface area contributed by atoms with Gasteiger partial charge in [-0.2, -0.15) is 0 Å². The molecular formula is C17H15ClF2N2O2. The van der Waals surface area contributed by atoms with Crippen molar-refractivity contribution in [2.75, 3.05) is 6.54 Å². The second-order valence-corrected chi connectivity index (χ2v) is 5.47. The van der Waals surface area contributed by atoms with Gasteiger partial charge in [-0.3, -0.25) is 9.59 Å². The van der Waals surface area contributed by atoms with Gasteiger partial charge in [0.15, 0.2) is 0 Å². The van der Waals surface area contributed by atoms with Crippen molar-refractivity contribution in [2.45, 2.75) is 13.0 Å². The van der Waals surface area contributed by atoms with Gasteiger partial charge in [-0.1, -0.05) is 23.7 Å². The molecule has 2 N–H and O–H groups in total. The lowest BCUT2D eigenvalue weighted by Gasteiger charge is -2.07. The van der Waals surface area contributed by atoms with E-state index in [-0.39, 0.29) is 24.4 Å². The number of amides is 2. The lowest BCUT2D eigenvalue weighted by Crippen LogP contribution is -2.30. The first-order valence-electron chi connectivity index (χ1n) is 7.20. The fourth-order valence-corrected chi connectivity index (χ4v) is 2.08. The molecule has 0 atom stereocenters. The number of carbonyl (C=O) groups is 2. The molecule has 2 aromatic rings.